The van der Waals surface area contributed by atoms with Gasteiger partial charge < -0.3 is 14.4 Å². The van der Waals surface area contributed by atoms with E-state index in [9.17, 15) is 0 Å². The number of hydrogen-bond acceptors (Lipinski definition) is 3. The standard InChI is InChI=1S/C13H25NO2/c1-5-6-7-9-15-11-12-16-10-8-14(4)13(2)3/h13H,5,8-12H2,1-4H3. The average Bonchev–Trinajstić information content (AvgIpc) is 2.26. The topological polar surface area (TPSA) is 21.7 Å². The van der Waals surface area contributed by atoms with E-state index < -0.39 is 0 Å². The van der Waals surface area contributed by atoms with Crippen molar-refractivity contribution in [2.45, 2.75) is 33.2 Å². The summed E-state index contributed by atoms with van der Waals surface area (Å²) in [5.74, 6) is 5.88. The van der Waals surface area contributed by atoms with Crippen molar-refractivity contribution in [2.24, 2.45) is 0 Å². The Balaban J connectivity index is 3.15. The molecule has 0 unspecified atom stereocenters. The molecule has 0 saturated carbocycles. The Hall–Kier alpha value is -0.560. The van der Waals surface area contributed by atoms with Gasteiger partial charge in [-0.25, -0.2) is 0 Å². The largest absolute Gasteiger partial charge is 0.378 e. The first-order valence-electron chi connectivity index (χ1n) is 6.00. The summed E-state index contributed by atoms with van der Waals surface area (Å²) in [7, 11) is 2.10. The lowest BCUT2D eigenvalue weighted by Gasteiger charge is -2.20. The first-order chi connectivity index (χ1) is 7.68. The molecule has 16 heavy (non-hydrogen) atoms. The number of hydrogen-bond donors (Lipinski definition) is 0. The predicted octanol–water partition coefficient (Wildman–Crippen LogP) is 1.77. The lowest BCUT2D eigenvalue weighted by Crippen LogP contribution is -2.30. The smallest absolute Gasteiger partial charge is 0.107 e. The normalized spacial score (nSPS) is 10.6. The number of nitrogens with zero attached hydrogens (tertiary/aromatic N) is 1. The second-order valence-corrected chi connectivity index (χ2v) is 3.95. The Morgan fingerprint density at radius 3 is 2.38 bits per heavy atom. The fourth-order valence-corrected chi connectivity index (χ4v) is 0.986. The molecule has 0 amide bonds. The molecule has 0 aromatic carbocycles. The zero-order valence-electron chi connectivity index (χ0n) is 11.1. The van der Waals surface area contributed by atoms with Crippen LogP contribution < -0.4 is 0 Å². The van der Waals surface area contributed by atoms with Gasteiger partial charge in [0.05, 0.1) is 19.8 Å². The van der Waals surface area contributed by atoms with E-state index in [2.05, 4.69) is 37.6 Å². The minimum Gasteiger partial charge on any atom is -0.378 e. The van der Waals surface area contributed by atoms with E-state index in [1.807, 2.05) is 6.92 Å². The summed E-state index contributed by atoms with van der Waals surface area (Å²) in [6.45, 7) is 9.91. The Morgan fingerprint density at radius 1 is 1.06 bits per heavy atom. The fraction of sp³-hybridized carbons (Fsp3) is 0.846. The number of rotatable bonds is 8. The van der Waals surface area contributed by atoms with Crippen molar-refractivity contribution >= 4 is 0 Å². The fourth-order valence-electron chi connectivity index (χ4n) is 0.986. The van der Waals surface area contributed by atoms with Crippen LogP contribution in [-0.4, -0.2) is 51.0 Å². The van der Waals surface area contributed by atoms with Gasteiger partial charge in [-0.3, -0.25) is 0 Å². The molecule has 0 bridgehead atoms. The van der Waals surface area contributed by atoms with Gasteiger partial charge in [-0.15, -0.1) is 5.92 Å². The van der Waals surface area contributed by atoms with Crippen LogP contribution in [0.4, 0.5) is 0 Å². The lowest BCUT2D eigenvalue weighted by molar-refractivity contribution is 0.0486. The molecule has 0 aliphatic carbocycles. The molecule has 94 valence electrons. The van der Waals surface area contributed by atoms with Crippen LogP contribution in [0, 0.1) is 11.8 Å². The van der Waals surface area contributed by atoms with E-state index in [1.165, 1.54) is 0 Å². The molecule has 3 heteroatoms. The molecular formula is C13H25NO2. The van der Waals surface area contributed by atoms with Crippen LogP contribution in [0.15, 0.2) is 0 Å². The van der Waals surface area contributed by atoms with Gasteiger partial charge in [0.1, 0.15) is 6.61 Å². The third kappa shape index (κ3) is 9.97. The van der Waals surface area contributed by atoms with E-state index in [4.69, 9.17) is 9.47 Å². The zero-order chi connectivity index (χ0) is 12.2. The van der Waals surface area contributed by atoms with Gasteiger partial charge in [-0.05, 0) is 20.9 Å². The first kappa shape index (κ1) is 15.4. The summed E-state index contributed by atoms with van der Waals surface area (Å²) in [6.07, 6.45) is 0.890. The van der Waals surface area contributed by atoms with E-state index in [0.717, 1.165) is 19.6 Å². The van der Waals surface area contributed by atoms with Crippen LogP contribution in [0.2, 0.25) is 0 Å². The molecular weight excluding hydrogens is 202 g/mol. The van der Waals surface area contributed by atoms with Crippen LogP contribution in [0.1, 0.15) is 27.2 Å². The average molecular weight is 227 g/mol. The Bertz CT molecular complexity index is 206. The van der Waals surface area contributed by atoms with Crippen molar-refractivity contribution in [3.63, 3.8) is 0 Å². The Labute approximate surface area is 100 Å². The minimum atomic E-state index is 0.517. The molecule has 3 nitrogen and oxygen atoms in total. The van der Waals surface area contributed by atoms with Crippen molar-refractivity contribution in [1.29, 1.82) is 0 Å². The summed E-state index contributed by atoms with van der Waals surface area (Å²) in [5, 5.41) is 0. The zero-order valence-corrected chi connectivity index (χ0v) is 11.1. The molecule has 0 rings (SSSR count). The summed E-state index contributed by atoms with van der Waals surface area (Å²) < 4.78 is 10.7. The molecule has 0 aliphatic heterocycles. The van der Waals surface area contributed by atoms with Gasteiger partial charge in [0.25, 0.3) is 0 Å². The third-order valence-corrected chi connectivity index (χ3v) is 2.32. The lowest BCUT2D eigenvalue weighted by atomic mass is 10.3. The van der Waals surface area contributed by atoms with Crippen LogP contribution in [0.3, 0.4) is 0 Å². The molecule has 0 atom stereocenters. The maximum absolute atomic E-state index is 5.45. The highest BCUT2D eigenvalue weighted by Gasteiger charge is 2.01. The monoisotopic (exact) mass is 227 g/mol. The van der Waals surface area contributed by atoms with Crippen LogP contribution in [0.25, 0.3) is 0 Å². The summed E-state index contributed by atoms with van der Waals surface area (Å²) in [4.78, 5) is 2.26. The molecule has 0 N–H and O–H groups in total. The SMILES string of the molecule is CCC#CCOCCOCCN(C)C(C)C. The maximum atomic E-state index is 5.45. The van der Waals surface area contributed by atoms with Crippen molar-refractivity contribution < 1.29 is 9.47 Å². The van der Waals surface area contributed by atoms with Gasteiger partial charge in [-0.2, -0.15) is 0 Å². The highest BCUT2D eigenvalue weighted by Crippen LogP contribution is 1.92. The van der Waals surface area contributed by atoms with Crippen LogP contribution >= 0.6 is 0 Å². The summed E-state index contributed by atoms with van der Waals surface area (Å²) >= 11 is 0. The van der Waals surface area contributed by atoms with E-state index in [1.54, 1.807) is 0 Å². The second-order valence-electron chi connectivity index (χ2n) is 3.95. The molecule has 0 radical (unpaired) electrons. The van der Waals surface area contributed by atoms with Gasteiger partial charge in [0.2, 0.25) is 0 Å². The predicted molar refractivity (Wildman–Crippen MR) is 67.5 cm³/mol. The van der Waals surface area contributed by atoms with E-state index in [-0.39, 0.29) is 0 Å². The summed E-state index contributed by atoms with van der Waals surface area (Å²) in [5.41, 5.74) is 0. The van der Waals surface area contributed by atoms with Crippen molar-refractivity contribution in [3.05, 3.63) is 0 Å². The molecule has 0 aromatic heterocycles. The molecule has 0 aromatic rings. The van der Waals surface area contributed by atoms with Crippen LogP contribution in [0.5, 0.6) is 0 Å². The number of likely N-dealkylation sites (N-methyl/N-ethyl adjacent to an activating group) is 1. The van der Waals surface area contributed by atoms with Gasteiger partial charge in [-0.1, -0.05) is 12.8 Å². The molecule has 0 aliphatic rings. The highest BCUT2D eigenvalue weighted by molar-refractivity contribution is 4.97. The minimum absolute atomic E-state index is 0.517. The van der Waals surface area contributed by atoms with Crippen molar-refractivity contribution in [1.82, 2.24) is 4.90 Å². The first-order valence-corrected chi connectivity index (χ1v) is 6.00. The molecule has 0 spiro atoms. The van der Waals surface area contributed by atoms with Gasteiger partial charge in [0.15, 0.2) is 0 Å². The van der Waals surface area contributed by atoms with Gasteiger partial charge >= 0.3 is 0 Å². The summed E-state index contributed by atoms with van der Waals surface area (Å²) in [6, 6.07) is 0.573. The quantitative estimate of drug-likeness (QED) is 0.466. The van der Waals surface area contributed by atoms with Crippen LogP contribution in [-0.2, 0) is 9.47 Å². The van der Waals surface area contributed by atoms with E-state index >= 15 is 0 Å². The number of ether oxygens (including phenoxy) is 2. The molecule has 0 heterocycles. The Kier molecular flexibility index (Phi) is 10.6. The Morgan fingerprint density at radius 2 is 1.75 bits per heavy atom. The van der Waals surface area contributed by atoms with E-state index in [0.29, 0.717) is 25.9 Å². The second kappa shape index (κ2) is 10.9. The van der Waals surface area contributed by atoms with Crippen molar-refractivity contribution in [2.75, 3.05) is 40.0 Å². The highest BCUT2D eigenvalue weighted by atomic mass is 16.5. The molecule has 0 saturated heterocycles. The maximum Gasteiger partial charge on any atom is 0.107 e. The molecule has 0 fully saturated rings. The van der Waals surface area contributed by atoms with Crippen molar-refractivity contribution in [3.8, 4) is 11.8 Å². The van der Waals surface area contributed by atoms with Gasteiger partial charge in [0, 0.05) is 19.0 Å². The third-order valence-electron chi connectivity index (χ3n) is 2.32.